The monoisotopic (exact) mass is 295 g/mol. The molecule has 0 spiro atoms. The summed E-state index contributed by atoms with van der Waals surface area (Å²) in [6.45, 7) is 5.50. The molecule has 0 aromatic carbocycles. The van der Waals surface area contributed by atoms with E-state index in [-0.39, 0.29) is 0 Å². The van der Waals surface area contributed by atoms with Gasteiger partial charge in [-0.2, -0.15) is 0 Å². The molecule has 0 saturated carbocycles. The topological polar surface area (TPSA) is 28.2 Å². The third kappa shape index (κ3) is 2.20. The number of nitrogens with one attached hydrogen (secondary N) is 1. The first-order valence-electron chi connectivity index (χ1n) is 6.35. The minimum Gasteiger partial charge on any atom is -0.355 e. The minimum atomic E-state index is 0.675. The zero-order valence-electron chi connectivity index (χ0n) is 10.1. The Morgan fingerprint density at radius 3 is 3.06 bits per heavy atom. The Morgan fingerprint density at radius 2 is 2.29 bits per heavy atom. The molecule has 92 valence electrons. The van der Waals surface area contributed by atoms with E-state index in [1.165, 1.54) is 19.4 Å². The summed E-state index contributed by atoms with van der Waals surface area (Å²) < 4.78 is 1.09. The van der Waals surface area contributed by atoms with Crippen LogP contribution in [0.15, 0.2) is 16.6 Å². The highest BCUT2D eigenvalue weighted by Crippen LogP contribution is 2.29. The summed E-state index contributed by atoms with van der Waals surface area (Å²) in [6.07, 6.45) is 2.69. The van der Waals surface area contributed by atoms with Gasteiger partial charge in [0.1, 0.15) is 5.82 Å². The number of rotatable bonds is 1. The molecule has 17 heavy (non-hydrogen) atoms. The van der Waals surface area contributed by atoms with Crippen LogP contribution in [0.3, 0.4) is 0 Å². The SMILES string of the molecule is Cc1nc(N2C[C@@H]3CCCN[C@@H]3C2)ccc1Br. The van der Waals surface area contributed by atoms with Gasteiger partial charge in [0.2, 0.25) is 0 Å². The smallest absolute Gasteiger partial charge is 0.128 e. The Morgan fingerprint density at radius 1 is 1.41 bits per heavy atom. The van der Waals surface area contributed by atoms with Gasteiger partial charge in [-0.3, -0.25) is 0 Å². The van der Waals surface area contributed by atoms with E-state index in [4.69, 9.17) is 0 Å². The summed E-state index contributed by atoms with van der Waals surface area (Å²) in [7, 11) is 0. The van der Waals surface area contributed by atoms with Crippen molar-refractivity contribution in [3.63, 3.8) is 0 Å². The van der Waals surface area contributed by atoms with E-state index in [2.05, 4.69) is 50.2 Å². The second-order valence-corrected chi connectivity index (χ2v) is 5.96. The highest BCUT2D eigenvalue weighted by Gasteiger charge is 2.34. The van der Waals surface area contributed by atoms with Crippen LogP contribution in [0.4, 0.5) is 5.82 Å². The molecule has 2 atom stereocenters. The van der Waals surface area contributed by atoms with Crippen LogP contribution in [-0.2, 0) is 0 Å². The van der Waals surface area contributed by atoms with Gasteiger partial charge in [0.25, 0.3) is 0 Å². The van der Waals surface area contributed by atoms with E-state index in [0.717, 1.165) is 35.0 Å². The van der Waals surface area contributed by atoms with E-state index in [0.29, 0.717) is 6.04 Å². The molecule has 0 aliphatic carbocycles. The number of hydrogen-bond acceptors (Lipinski definition) is 3. The number of pyridine rings is 1. The molecule has 1 aromatic heterocycles. The van der Waals surface area contributed by atoms with Gasteiger partial charge >= 0.3 is 0 Å². The van der Waals surface area contributed by atoms with Crippen LogP contribution in [0.1, 0.15) is 18.5 Å². The molecule has 2 saturated heterocycles. The molecule has 1 N–H and O–H groups in total. The molecule has 0 radical (unpaired) electrons. The lowest BCUT2D eigenvalue weighted by molar-refractivity contribution is 0.340. The van der Waals surface area contributed by atoms with Gasteiger partial charge in [0.15, 0.2) is 0 Å². The fourth-order valence-electron chi connectivity index (χ4n) is 2.94. The first-order valence-corrected chi connectivity index (χ1v) is 7.15. The van der Waals surface area contributed by atoms with Crippen LogP contribution in [0, 0.1) is 12.8 Å². The van der Waals surface area contributed by atoms with Gasteiger partial charge in [-0.05, 0) is 60.3 Å². The zero-order valence-corrected chi connectivity index (χ0v) is 11.7. The van der Waals surface area contributed by atoms with Crippen molar-refractivity contribution in [2.45, 2.75) is 25.8 Å². The minimum absolute atomic E-state index is 0.675. The first kappa shape index (κ1) is 11.5. The van der Waals surface area contributed by atoms with Crippen LogP contribution >= 0.6 is 15.9 Å². The number of aryl methyl sites for hydroxylation is 1. The standard InChI is InChI=1S/C13H18BrN3/c1-9-11(14)4-5-13(16-9)17-7-10-3-2-6-15-12(10)8-17/h4-5,10,12,15H,2-3,6-8H2,1H3/t10-,12+/m0/s1. The van der Waals surface area contributed by atoms with Crippen molar-refractivity contribution in [1.82, 2.24) is 10.3 Å². The number of nitrogens with zero attached hydrogens (tertiary/aromatic N) is 2. The summed E-state index contributed by atoms with van der Waals surface area (Å²) in [5, 5.41) is 3.63. The molecule has 3 nitrogen and oxygen atoms in total. The molecule has 4 heteroatoms. The fraction of sp³-hybridized carbons (Fsp3) is 0.615. The van der Waals surface area contributed by atoms with Crippen molar-refractivity contribution < 1.29 is 0 Å². The number of piperidine rings is 1. The lowest BCUT2D eigenvalue weighted by Crippen LogP contribution is -2.40. The quantitative estimate of drug-likeness (QED) is 0.862. The van der Waals surface area contributed by atoms with Gasteiger partial charge in [-0.25, -0.2) is 4.98 Å². The van der Waals surface area contributed by atoms with E-state index in [1.54, 1.807) is 0 Å². The average Bonchev–Trinajstić information content (AvgIpc) is 2.76. The van der Waals surface area contributed by atoms with E-state index >= 15 is 0 Å². The van der Waals surface area contributed by atoms with Crippen molar-refractivity contribution in [3.05, 3.63) is 22.3 Å². The van der Waals surface area contributed by atoms with Gasteiger partial charge < -0.3 is 10.2 Å². The first-order chi connectivity index (χ1) is 8.24. The highest BCUT2D eigenvalue weighted by molar-refractivity contribution is 9.10. The van der Waals surface area contributed by atoms with Crippen LogP contribution in [0.2, 0.25) is 0 Å². The van der Waals surface area contributed by atoms with Crippen LogP contribution in [0.25, 0.3) is 0 Å². The maximum atomic E-state index is 4.66. The van der Waals surface area contributed by atoms with Crippen molar-refractivity contribution in [1.29, 1.82) is 0 Å². The molecule has 0 unspecified atom stereocenters. The summed E-state index contributed by atoms with van der Waals surface area (Å²) in [6, 6.07) is 4.90. The average molecular weight is 296 g/mol. The summed E-state index contributed by atoms with van der Waals surface area (Å²) in [5.74, 6) is 1.94. The number of halogens is 1. The second-order valence-electron chi connectivity index (χ2n) is 5.10. The predicted molar refractivity (Wildman–Crippen MR) is 73.4 cm³/mol. The zero-order chi connectivity index (χ0) is 11.8. The lowest BCUT2D eigenvalue weighted by Gasteiger charge is -2.24. The van der Waals surface area contributed by atoms with Gasteiger partial charge in [0.05, 0.1) is 5.69 Å². The third-order valence-electron chi connectivity index (χ3n) is 3.93. The predicted octanol–water partition coefficient (Wildman–Crippen LogP) is 2.34. The Balaban J connectivity index is 1.79. The molecule has 3 rings (SSSR count). The maximum Gasteiger partial charge on any atom is 0.128 e. The molecule has 0 amide bonds. The number of aromatic nitrogens is 1. The Bertz CT molecular complexity index is 407. The van der Waals surface area contributed by atoms with E-state index < -0.39 is 0 Å². The van der Waals surface area contributed by atoms with Gasteiger partial charge in [0, 0.05) is 23.6 Å². The highest BCUT2D eigenvalue weighted by atomic mass is 79.9. The second kappa shape index (κ2) is 4.58. The molecule has 2 aliphatic heterocycles. The molecular weight excluding hydrogens is 278 g/mol. The number of hydrogen-bond donors (Lipinski definition) is 1. The summed E-state index contributed by atoms with van der Waals surface area (Å²) in [5.41, 5.74) is 1.07. The van der Waals surface area contributed by atoms with Crippen molar-refractivity contribution >= 4 is 21.7 Å². The molecule has 2 aliphatic rings. The van der Waals surface area contributed by atoms with Gasteiger partial charge in [-0.1, -0.05) is 0 Å². The molecule has 1 aromatic rings. The Hall–Kier alpha value is -0.610. The van der Waals surface area contributed by atoms with Crippen molar-refractivity contribution in [3.8, 4) is 0 Å². The van der Waals surface area contributed by atoms with Crippen molar-refractivity contribution in [2.75, 3.05) is 24.5 Å². The number of anilines is 1. The van der Waals surface area contributed by atoms with E-state index in [9.17, 15) is 0 Å². The lowest BCUT2D eigenvalue weighted by atomic mass is 9.94. The molecule has 3 heterocycles. The van der Waals surface area contributed by atoms with E-state index in [1.807, 2.05) is 0 Å². The number of fused-ring (bicyclic) bond motifs is 1. The van der Waals surface area contributed by atoms with Crippen LogP contribution in [-0.4, -0.2) is 30.7 Å². The van der Waals surface area contributed by atoms with Crippen LogP contribution in [0.5, 0.6) is 0 Å². The maximum absolute atomic E-state index is 4.66. The Labute approximate surface area is 111 Å². The van der Waals surface area contributed by atoms with Gasteiger partial charge in [-0.15, -0.1) is 0 Å². The third-order valence-corrected chi connectivity index (χ3v) is 4.77. The normalized spacial score (nSPS) is 28.2. The largest absolute Gasteiger partial charge is 0.355 e. The molecule has 2 fully saturated rings. The van der Waals surface area contributed by atoms with Crippen LogP contribution < -0.4 is 10.2 Å². The Kier molecular flexibility index (Phi) is 3.09. The molecular formula is C13H18BrN3. The fourth-order valence-corrected chi connectivity index (χ4v) is 3.16. The van der Waals surface area contributed by atoms with Crippen molar-refractivity contribution in [2.24, 2.45) is 5.92 Å². The summed E-state index contributed by atoms with van der Waals surface area (Å²) in [4.78, 5) is 7.09. The summed E-state index contributed by atoms with van der Waals surface area (Å²) >= 11 is 3.51. The molecule has 0 bridgehead atoms.